The molecule has 3 aromatic carbocycles. The number of nitrogens with one attached hydrogen (secondary N) is 1. The number of rotatable bonds is 10. The van der Waals surface area contributed by atoms with Crippen molar-refractivity contribution in [3.8, 4) is 0 Å². The number of sulfonamides is 1. The molecule has 0 spiro atoms. The van der Waals surface area contributed by atoms with Gasteiger partial charge in [-0.1, -0.05) is 48.5 Å². The second-order valence-corrected chi connectivity index (χ2v) is 13.2. The minimum Gasteiger partial charge on any atom is -0.366 e. The average Bonchev–Trinajstić information content (AvgIpc) is 3.43. The molecule has 0 saturated carbocycles. The summed E-state index contributed by atoms with van der Waals surface area (Å²) in [6, 6.07) is 25.9. The van der Waals surface area contributed by atoms with Gasteiger partial charge in [0, 0.05) is 30.2 Å². The van der Waals surface area contributed by atoms with E-state index in [9.17, 15) is 13.2 Å². The van der Waals surface area contributed by atoms with Crippen LogP contribution in [-0.2, 0) is 10.0 Å². The average molecular weight is 572 g/mol. The van der Waals surface area contributed by atoms with E-state index < -0.39 is 15.9 Å². The van der Waals surface area contributed by atoms with Crippen LogP contribution in [0.4, 0.5) is 0 Å². The first kappa shape index (κ1) is 27.6. The maximum Gasteiger partial charge on any atom is 0.248 e. The number of hydrogen-bond donors (Lipinski definition) is 2. The van der Waals surface area contributed by atoms with Crippen molar-refractivity contribution >= 4 is 27.0 Å². The lowest BCUT2D eigenvalue weighted by atomic mass is 9.93. The van der Waals surface area contributed by atoms with Crippen LogP contribution < -0.4 is 10.5 Å². The van der Waals surface area contributed by atoms with Crippen molar-refractivity contribution in [2.75, 3.05) is 13.1 Å². The number of hydrogen-bond acceptors (Lipinski definition) is 5. The van der Waals surface area contributed by atoms with Crippen LogP contribution in [0.2, 0.25) is 0 Å². The standard InChI is InChI=1S/C32H37N5O3S/c1-22-35-30-12-5-6-13-31(30)37(22)28-19-26-14-15-27(20-28)36(26)17-16-25(23-8-3-2-4-9-23)21-34-41(39,40)29-11-7-10-24(18-29)32(33)38/h2-13,18,25-28,34H,14-17,19-21H2,1H3,(H2,33,38)/t25?,26-,27+,28+. The van der Waals surface area contributed by atoms with Crippen LogP contribution in [0, 0.1) is 6.92 Å². The quantitative estimate of drug-likeness (QED) is 0.285. The lowest BCUT2D eigenvalue weighted by Crippen LogP contribution is -2.44. The highest BCUT2D eigenvalue weighted by atomic mass is 32.2. The second-order valence-electron chi connectivity index (χ2n) is 11.4. The number of fused-ring (bicyclic) bond motifs is 3. The Labute approximate surface area is 241 Å². The lowest BCUT2D eigenvalue weighted by molar-refractivity contribution is 0.1000. The number of nitrogens with two attached hydrogens (primary N) is 1. The Morgan fingerprint density at radius 1 is 0.976 bits per heavy atom. The van der Waals surface area contributed by atoms with E-state index in [0.29, 0.717) is 18.1 Å². The van der Waals surface area contributed by atoms with Gasteiger partial charge >= 0.3 is 0 Å². The lowest BCUT2D eigenvalue weighted by Gasteiger charge is -2.40. The summed E-state index contributed by atoms with van der Waals surface area (Å²) < 4.78 is 31.6. The molecule has 1 amide bonds. The molecule has 2 aliphatic rings. The zero-order chi connectivity index (χ0) is 28.6. The summed E-state index contributed by atoms with van der Waals surface area (Å²) in [4.78, 5) is 19.1. The molecular formula is C32H37N5O3S. The summed E-state index contributed by atoms with van der Waals surface area (Å²) >= 11 is 0. The molecule has 2 saturated heterocycles. The fourth-order valence-corrected chi connectivity index (χ4v) is 8.10. The maximum absolute atomic E-state index is 13.2. The SMILES string of the molecule is Cc1nc2ccccc2n1[C@H]1C[C@H]2CC[C@@H](C1)N2CCC(CNS(=O)(=O)c1cccc(C(N)=O)c1)c1ccccc1. The number of para-hydroxylation sites is 2. The summed E-state index contributed by atoms with van der Waals surface area (Å²) in [5.41, 5.74) is 8.94. The molecule has 4 aromatic rings. The number of imidazole rings is 1. The van der Waals surface area contributed by atoms with Gasteiger partial charge in [-0.25, -0.2) is 18.1 Å². The fraction of sp³-hybridized carbons (Fsp3) is 0.375. The van der Waals surface area contributed by atoms with Gasteiger partial charge in [0.25, 0.3) is 0 Å². The largest absolute Gasteiger partial charge is 0.366 e. The first-order valence-electron chi connectivity index (χ1n) is 14.4. The van der Waals surface area contributed by atoms with Gasteiger partial charge < -0.3 is 10.3 Å². The van der Waals surface area contributed by atoms with Gasteiger partial charge in [-0.3, -0.25) is 9.69 Å². The van der Waals surface area contributed by atoms with Crippen LogP contribution in [0.1, 0.15) is 65.8 Å². The normalized spacial score (nSPS) is 21.7. The Kier molecular flexibility index (Phi) is 7.68. The topological polar surface area (TPSA) is 110 Å². The molecule has 0 radical (unpaired) electrons. The van der Waals surface area contributed by atoms with E-state index in [4.69, 9.17) is 10.7 Å². The predicted octanol–water partition coefficient (Wildman–Crippen LogP) is 4.76. The monoisotopic (exact) mass is 571 g/mol. The van der Waals surface area contributed by atoms with Crippen LogP contribution in [0.15, 0.2) is 83.8 Å². The van der Waals surface area contributed by atoms with Crippen LogP contribution in [0.25, 0.3) is 11.0 Å². The number of aromatic nitrogens is 2. The Balaban J connectivity index is 1.15. The third-order valence-electron chi connectivity index (χ3n) is 8.95. The zero-order valence-electron chi connectivity index (χ0n) is 23.3. The predicted molar refractivity (Wildman–Crippen MR) is 160 cm³/mol. The van der Waals surface area contributed by atoms with Gasteiger partial charge in [0.1, 0.15) is 5.82 Å². The molecule has 0 aliphatic carbocycles. The number of piperidine rings is 1. The third kappa shape index (κ3) is 5.66. The number of carbonyl (C=O) groups excluding carboxylic acids is 1. The van der Waals surface area contributed by atoms with Gasteiger partial charge in [-0.05, 0) is 87.4 Å². The minimum atomic E-state index is -3.81. The van der Waals surface area contributed by atoms with Crippen molar-refractivity contribution < 1.29 is 13.2 Å². The molecule has 9 heteroatoms. The highest BCUT2D eigenvalue weighted by molar-refractivity contribution is 7.89. The number of benzene rings is 3. The molecule has 2 aliphatic heterocycles. The van der Waals surface area contributed by atoms with Gasteiger partial charge in [0.15, 0.2) is 0 Å². The Hall–Kier alpha value is -3.53. The van der Waals surface area contributed by atoms with Gasteiger partial charge in [-0.2, -0.15) is 0 Å². The summed E-state index contributed by atoms with van der Waals surface area (Å²) in [7, 11) is -3.81. The number of amides is 1. The Morgan fingerprint density at radius 2 is 1.68 bits per heavy atom. The van der Waals surface area contributed by atoms with Crippen molar-refractivity contribution in [3.05, 3.63) is 95.8 Å². The van der Waals surface area contributed by atoms with Gasteiger partial charge in [0.2, 0.25) is 15.9 Å². The molecule has 1 aromatic heterocycles. The number of nitrogens with zero attached hydrogens (tertiary/aromatic N) is 3. The van der Waals surface area contributed by atoms with Crippen molar-refractivity contribution in [3.63, 3.8) is 0 Å². The van der Waals surface area contributed by atoms with Gasteiger partial charge in [0.05, 0.1) is 15.9 Å². The molecule has 41 heavy (non-hydrogen) atoms. The molecule has 214 valence electrons. The molecule has 2 bridgehead atoms. The van der Waals surface area contributed by atoms with Crippen molar-refractivity contribution in [2.24, 2.45) is 5.73 Å². The Bertz CT molecular complexity index is 1640. The van der Waals surface area contributed by atoms with E-state index in [1.54, 1.807) is 0 Å². The summed E-state index contributed by atoms with van der Waals surface area (Å²) in [6.45, 7) is 3.31. The molecule has 3 N–H and O–H groups in total. The van der Waals surface area contributed by atoms with Crippen molar-refractivity contribution in [1.82, 2.24) is 19.2 Å². The zero-order valence-corrected chi connectivity index (χ0v) is 24.1. The van der Waals surface area contributed by atoms with E-state index in [-0.39, 0.29) is 22.9 Å². The van der Waals surface area contributed by atoms with Crippen LogP contribution in [0.3, 0.4) is 0 Å². The third-order valence-corrected chi connectivity index (χ3v) is 10.4. The highest BCUT2D eigenvalue weighted by Gasteiger charge is 2.41. The number of carbonyl (C=O) groups is 1. The molecule has 8 nitrogen and oxygen atoms in total. The first-order chi connectivity index (χ1) is 19.8. The maximum atomic E-state index is 13.2. The van der Waals surface area contributed by atoms with Gasteiger partial charge in [-0.15, -0.1) is 0 Å². The summed E-state index contributed by atoms with van der Waals surface area (Å²) in [5.74, 6) is 0.447. The highest BCUT2D eigenvalue weighted by Crippen LogP contribution is 2.42. The molecule has 2 fully saturated rings. The summed E-state index contributed by atoms with van der Waals surface area (Å²) in [5, 5.41) is 0. The summed E-state index contributed by atoms with van der Waals surface area (Å²) in [6.07, 6.45) is 5.46. The number of primary amides is 1. The number of aryl methyl sites for hydroxylation is 1. The van der Waals surface area contributed by atoms with E-state index in [0.717, 1.165) is 42.7 Å². The molecule has 1 unspecified atom stereocenters. The van der Waals surface area contributed by atoms with E-state index in [1.807, 2.05) is 24.3 Å². The van der Waals surface area contributed by atoms with Crippen LogP contribution in [-0.4, -0.2) is 53.9 Å². The van der Waals surface area contributed by atoms with Crippen LogP contribution >= 0.6 is 0 Å². The first-order valence-corrected chi connectivity index (χ1v) is 15.9. The Morgan fingerprint density at radius 3 is 2.41 bits per heavy atom. The molecule has 3 heterocycles. The van der Waals surface area contributed by atoms with E-state index in [2.05, 4.69) is 51.4 Å². The van der Waals surface area contributed by atoms with Crippen molar-refractivity contribution in [2.45, 2.75) is 68.0 Å². The van der Waals surface area contributed by atoms with E-state index >= 15 is 0 Å². The van der Waals surface area contributed by atoms with E-state index in [1.165, 1.54) is 42.6 Å². The van der Waals surface area contributed by atoms with Crippen molar-refractivity contribution in [1.29, 1.82) is 0 Å². The minimum absolute atomic E-state index is 0.0160. The molecule has 6 rings (SSSR count). The smallest absolute Gasteiger partial charge is 0.248 e. The molecular weight excluding hydrogens is 534 g/mol. The van der Waals surface area contributed by atoms with Crippen LogP contribution in [0.5, 0.6) is 0 Å². The fourth-order valence-electron chi connectivity index (χ4n) is 6.97. The second kappa shape index (κ2) is 11.4. The molecule has 4 atom stereocenters.